The molecule has 0 saturated heterocycles. The number of carbonyl (C=O) groups excluding carboxylic acids is 1. The summed E-state index contributed by atoms with van der Waals surface area (Å²) in [4.78, 5) is 14.1. The summed E-state index contributed by atoms with van der Waals surface area (Å²) < 4.78 is 30.0. The molecular formula is C16H20BrF2N5O. The maximum absolute atomic E-state index is 12.9. The average Bonchev–Trinajstić information content (AvgIpc) is 3.24. The smallest absolute Gasteiger partial charge is 0.282 e. The van der Waals surface area contributed by atoms with Gasteiger partial charge in [-0.15, -0.1) is 0 Å². The molecule has 1 saturated carbocycles. The molecule has 6 nitrogen and oxygen atoms in total. The van der Waals surface area contributed by atoms with Crippen molar-refractivity contribution in [2.45, 2.75) is 51.7 Å². The highest BCUT2D eigenvalue weighted by Gasteiger charge is 2.30. The third-order valence-corrected chi connectivity index (χ3v) is 5.01. The van der Waals surface area contributed by atoms with Crippen LogP contribution < -0.4 is 0 Å². The number of alkyl halides is 2. The quantitative estimate of drug-likeness (QED) is 0.696. The predicted octanol–water partition coefficient (Wildman–Crippen LogP) is 3.34. The van der Waals surface area contributed by atoms with Crippen LogP contribution in [0.3, 0.4) is 0 Å². The lowest BCUT2D eigenvalue weighted by Crippen LogP contribution is -2.31. The molecule has 2 heterocycles. The van der Waals surface area contributed by atoms with Crippen LogP contribution in [0, 0.1) is 0 Å². The van der Waals surface area contributed by atoms with Crippen LogP contribution in [0.5, 0.6) is 0 Å². The number of aromatic nitrogens is 4. The molecule has 9 heteroatoms. The van der Waals surface area contributed by atoms with Gasteiger partial charge in [-0.2, -0.15) is 10.2 Å². The lowest BCUT2D eigenvalue weighted by molar-refractivity contribution is -0.131. The van der Waals surface area contributed by atoms with Gasteiger partial charge in [0.25, 0.3) is 6.43 Å². The van der Waals surface area contributed by atoms with Gasteiger partial charge in [0.1, 0.15) is 12.2 Å². The molecule has 0 radical (unpaired) electrons. The molecule has 0 spiro atoms. The van der Waals surface area contributed by atoms with E-state index in [1.54, 1.807) is 18.1 Å². The highest BCUT2D eigenvalue weighted by molar-refractivity contribution is 9.10. The number of likely N-dealkylation sites (N-methyl/N-ethyl adjacent to an activating group) is 1. The zero-order chi connectivity index (χ0) is 18.1. The molecule has 0 aromatic carbocycles. The fourth-order valence-corrected chi connectivity index (χ4v) is 3.19. The minimum Gasteiger partial charge on any atom is -0.338 e. The predicted molar refractivity (Wildman–Crippen MR) is 91.2 cm³/mol. The Morgan fingerprint density at radius 3 is 2.76 bits per heavy atom. The Labute approximate surface area is 152 Å². The molecule has 25 heavy (non-hydrogen) atoms. The Morgan fingerprint density at radius 2 is 2.16 bits per heavy atom. The Kier molecular flexibility index (Phi) is 5.21. The summed E-state index contributed by atoms with van der Waals surface area (Å²) in [6, 6.07) is 1.43. The van der Waals surface area contributed by atoms with Crippen molar-refractivity contribution in [2.24, 2.45) is 0 Å². The first-order valence-electron chi connectivity index (χ1n) is 8.20. The van der Waals surface area contributed by atoms with Crippen LogP contribution in [0.25, 0.3) is 0 Å². The van der Waals surface area contributed by atoms with Crippen molar-refractivity contribution in [1.29, 1.82) is 0 Å². The Hall–Kier alpha value is -1.77. The summed E-state index contributed by atoms with van der Waals surface area (Å²) in [7, 11) is 1.69. The van der Waals surface area contributed by atoms with Gasteiger partial charge in [0.2, 0.25) is 5.91 Å². The van der Waals surface area contributed by atoms with Crippen molar-refractivity contribution >= 4 is 21.8 Å². The highest BCUT2D eigenvalue weighted by atomic mass is 79.9. The van der Waals surface area contributed by atoms with Gasteiger partial charge in [0, 0.05) is 25.2 Å². The molecule has 136 valence electrons. The monoisotopic (exact) mass is 415 g/mol. The molecule has 1 aliphatic rings. The second-order valence-corrected chi connectivity index (χ2v) is 7.09. The van der Waals surface area contributed by atoms with Crippen LogP contribution in [-0.4, -0.2) is 37.4 Å². The molecule has 1 amide bonds. The van der Waals surface area contributed by atoms with E-state index < -0.39 is 6.43 Å². The van der Waals surface area contributed by atoms with E-state index in [1.165, 1.54) is 10.7 Å². The summed E-state index contributed by atoms with van der Waals surface area (Å²) >= 11 is 3.44. The van der Waals surface area contributed by atoms with Crippen molar-refractivity contribution < 1.29 is 13.6 Å². The van der Waals surface area contributed by atoms with Gasteiger partial charge in [-0.25, -0.2) is 8.78 Å². The highest BCUT2D eigenvalue weighted by Crippen LogP contribution is 2.41. The second-order valence-electron chi connectivity index (χ2n) is 6.23. The van der Waals surface area contributed by atoms with Crippen LogP contribution in [-0.2, 0) is 24.4 Å². The summed E-state index contributed by atoms with van der Waals surface area (Å²) in [6.07, 6.45) is 0.994. The van der Waals surface area contributed by atoms with E-state index in [-0.39, 0.29) is 24.1 Å². The van der Waals surface area contributed by atoms with Gasteiger partial charge < -0.3 is 4.90 Å². The molecule has 0 aliphatic heterocycles. The van der Waals surface area contributed by atoms with E-state index in [0.717, 1.165) is 28.7 Å². The molecule has 0 N–H and O–H groups in total. The largest absolute Gasteiger partial charge is 0.338 e. The number of halogens is 3. The topological polar surface area (TPSA) is 56.0 Å². The average molecular weight is 416 g/mol. The lowest BCUT2D eigenvalue weighted by atomic mass is 10.2. The van der Waals surface area contributed by atoms with Crippen LogP contribution >= 0.6 is 15.9 Å². The summed E-state index contributed by atoms with van der Waals surface area (Å²) in [5.41, 5.74) is 1.37. The molecule has 1 fully saturated rings. The Balaban J connectivity index is 1.72. The molecular weight excluding hydrogens is 396 g/mol. The third-order valence-electron chi connectivity index (χ3n) is 4.34. The third kappa shape index (κ3) is 3.91. The number of rotatable bonds is 7. The summed E-state index contributed by atoms with van der Waals surface area (Å²) in [6.45, 7) is 3.02. The fraction of sp³-hybridized carbons (Fsp3) is 0.562. The van der Waals surface area contributed by atoms with E-state index in [0.29, 0.717) is 13.1 Å². The Bertz CT molecular complexity index is 769. The summed E-state index contributed by atoms with van der Waals surface area (Å²) in [5, 5.41) is 8.16. The van der Waals surface area contributed by atoms with Crippen molar-refractivity contribution in [3.05, 3.63) is 33.8 Å². The number of aryl methyl sites for hydroxylation is 1. The number of hydrogen-bond donors (Lipinski definition) is 0. The lowest BCUT2D eigenvalue weighted by Gasteiger charge is -2.19. The van der Waals surface area contributed by atoms with E-state index in [1.807, 2.05) is 11.6 Å². The van der Waals surface area contributed by atoms with Gasteiger partial charge >= 0.3 is 0 Å². The van der Waals surface area contributed by atoms with E-state index in [2.05, 4.69) is 26.1 Å². The standard InChI is InChI=1S/C16H20BrF2N5O/c1-3-23-14(11(17)7-20-23)8-22(2)15(25)9-24-13(10-4-5-10)6-12(21-24)16(18)19/h6-7,10,16H,3-5,8-9H2,1-2H3. The van der Waals surface area contributed by atoms with Gasteiger partial charge in [-0.05, 0) is 41.8 Å². The van der Waals surface area contributed by atoms with Gasteiger partial charge in [0.05, 0.1) is 22.9 Å². The van der Waals surface area contributed by atoms with Crippen molar-refractivity contribution in [3.63, 3.8) is 0 Å². The molecule has 0 atom stereocenters. The zero-order valence-corrected chi connectivity index (χ0v) is 15.7. The molecule has 0 bridgehead atoms. The zero-order valence-electron chi connectivity index (χ0n) is 14.1. The SMILES string of the molecule is CCn1ncc(Br)c1CN(C)C(=O)Cn1nc(C(F)F)cc1C1CC1. The number of nitrogens with zero attached hydrogens (tertiary/aromatic N) is 5. The first kappa shape index (κ1) is 18.0. The maximum atomic E-state index is 12.9. The van der Waals surface area contributed by atoms with Crippen LogP contribution in [0.1, 0.15) is 49.2 Å². The number of amides is 1. The molecule has 2 aromatic heterocycles. The minimum absolute atomic E-state index is 0.0348. The van der Waals surface area contributed by atoms with E-state index in [4.69, 9.17) is 0 Å². The Morgan fingerprint density at radius 1 is 1.44 bits per heavy atom. The van der Waals surface area contributed by atoms with E-state index >= 15 is 0 Å². The molecule has 0 unspecified atom stereocenters. The first-order valence-corrected chi connectivity index (χ1v) is 9.00. The number of hydrogen-bond acceptors (Lipinski definition) is 3. The number of carbonyl (C=O) groups is 1. The minimum atomic E-state index is -2.62. The molecule has 1 aliphatic carbocycles. The van der Waals surface area contributed by atoms with Crippen molar-refractivity contribution in [3.8, 4) is 0 Å². The van der Waals surface area contributed by atoms with E-state index in [9.17, 15) is 13.6 Å². The van der Waals surface area contributed by atoms with Gasteiger partial charge in [-0.3, -0.25) is 14.2 Å². The molecule has 3 rings (SSSR count). The van der Waals surface area contributed by atoms with Gasteiger partial charge in [-0.1, -0.05) is 0 Å². The van der Waals surface area contributed by atoms with Crippen molar-refractivity contribution in [2.75, 3.05) is 7.05 Å². The normalized spacial score (nSPS) is 14.3. The summed E-state index contributed by atoms with van der Waals surface area (Å²) in [5.74, 6) is 0.0651. The van der Waals surface area contributed by atoms with Crippen LogP contribution in [0.4, 0.5) is 8.78 Å². The van der Waals surface area contributed by atoms with Gasteiger partial charge in [0.15, 0.2) is 0 Å². The maximum Gasteiger partial charge on any atom is 0.282 e. The van der Waals surface area contributed by atoms with Crippen LogP contribution in [0.2, 0.25) is 0 Å². The second kappa shape index (κ2) is 7.23. The fourth-order valence-electron chi connectivity index (χ4n) is 2.77. The van der Waals surface area contributed by atoms with Crippen LogP contribution in [0.15, 0.2) is 16.7 Å². The molecule has 2 aromatic rings. The van der Waals surface area contributed by atoms with Crippen molar-refractivity contribution in [1.82, 2.24) is 24.5 Å². The first-order chi connectivity index (χ1) is 11.9.